The predicted octanol–water partition coefficient (Wildman–Crippen LogP) is 1.53. The zero-order valence-electron chi connectivity index (χ0n) is 13.0. The molecule has 0 aromatic carbocycles. The maximum atomic E-state index is 12.1. The average Bonchev–Trinajstić information content (AvgIpc) is 3.24. The molecule has 2 aromatic rings. The molecular formula is C16H21N5O2. The van der Waals surface area contributed by atoms with Gasteiger partial charge in [0.25, 0.3) is 0 Å². The number of pyridine rings is 1. The van der Waals surface area contributed by atoms with Gasteiger partial charge in [-0.2, -0.15) is 0 Å². The number of carbonyl (C=O) groups is 1. The van der Waals surface area contributed by atoms with E-state index in [9.17, 15) is 4.79 Å². The standard InChI is InChI=1S/C16H21N5O2/c22-16(19-5-1-9-20-11-8-18-13-20)21-10-4-15(12-21)23-14-2-6-17-7-3-14/h2-3,6-8,11,13,15H,1,4-5,9-10,12H2,(H,19,22)/t15-/m0/s1. The fourth-order valence-corrected chi connectivity index (χ4v) is 2.61. The van der Waals surface area contributed by atoms with Gasteiger partial charge in [0, 0.05) is 50.8 Å². The van der Waals surface area contributed by atoms with Gasteiger partial charge in [0.05, 0.1) is 12.9 Å². The number of imidazole rings is 1. The summed E-state index contributed by atoms with van der Waals surface area (Å²) in [7, 11) is 0. The van der Waals surface area contributed by atoms with E-state index in [1.807, 2.05) is 27.8 Å². The summed E-state index contributed by atoms with van der Waals surface area (Å²) in [6.45, 7) is 2.86. The second-order valence-electron chi connectivity index (χ2n) is 5.54. The van der Waals surface area contributed by atoms with Crippen LogP contribution in [0.5, 0.6) is 5.75 Å². The molecule has 2 amide bonds. The molecule has 0 spiro atoms. The van der Waals surface area contributed by atoms with Crippen molar-refractivity contribution >= 4 is 6.03 Å². The van der Waals surface area contributed by atoms with Crippen molar-refractivity contribution in [3.63, 3.8) is 0 Å². The third-order valence-corrected chi connectivity index (χ3v) is 3.81. The summed E-state index contributed by atoms with van der Waals surface area (Å²) in [4.78, 5) is 21.9. The van der Waals surface area contributed by atoms with E-state index in [1.54, 1.807) is 24.9 Å². The van der Waals surface area contributed by atoms with Gasteiger partial charge in [-0.1, -0.05) is 0 Å². The first kappa shape index (κ1) is 15.3. The van der Waals surface area contributed by atoms with Crippen molar-refractivity contribution in [2.75, 3.05) is 19.6 Å². The summed E-state index contributed by atoms with van der Waals surface area (Å²) in [5.74, 6) is 0.799. The molecule has 0 bridgehead atoms. The Morgan fingerprint density at radius 1 is 1.30 bits per heavy atom. The lowest BCUT2D eigenvalue weighted by Gasteiger charge is -2.18. The summed E-state index contributed by atoms with van der Waals surface area (Å²) in [5, 5.41) is 2.96. The summed E-state index contributed by atoms with van der Waals surface area (Å²) < 4.78 is 7.86. The molecule has 3 rings (SSSR count). The van der Waals surface area contributed by atoms with E-state index in [4.69, 9.17) is 4.74 Å². The van der Waals surface area contributed by atoms with Gasteiger partial charge in [0.15, 0.2) is 0 Å². The monoisotopic (exact) mass is 315 g/mol. The molecule has 23 heavy (non-hydrogen) atoms. The summed E-state index contributed by atoms with van der Waals surface area (Å²) in [6, 6.07) is 3.65. The highest BCUT2D eigenvalue weighted by Crippen LogP contribution is 2.17. The van der Waals surface area contributed by atoms with Gasteiger partial charge in [-0.15, -0.1) is 0 Å². The van der Waals surface area contributed by atoms with Crippen LogP contribution in [0.1, 0.15) is 12.8 Å². The number of ether oxygens (including phenoxy) is 1. The van der Waals surface area contributed by atoms with Gasteiger partial charge < -0.3 is 19.5 Å². The fourth-order valence-electron chi connectivity index (χ4n) is 2.61. The molecule has 0 radical (unpaired) electrons. The molecule has 1 saturated heterocycles. The number of aromatic nitrogens is 3. The Labute approximate surface area is 135 Å². The summed E-state index contributed by atoms with van der Waals surface area (Å²) in [6.07, 6.45) is 10.6. The van der Waals surface area contributed by atoms with Gasteiger partial charge >= 0.3 is 6.03 Å². The molecule has 1 fully saturated rings. The number of hydrogen-bond acceptors (Lipinski definition) is 4. The van der Waals surface area contributed by atoms with Crippen LogP contribution in [-0.4, -0.2) is 51.2 Å². The Morgan fingerprint density at radius 3 is 2.96 bits per heavy atom. The molecule has 122 valence electrons. The maximum absolute atomic E-state index is 12.1. The van der Waals surface area contributed by atoms with Crippen LogP contribution in [0.2, 0.25) is 0 Å². The highest BCUT2D eigenvalue weighted by molar-refractivity contribution is 5.74. The third kappa shape index (κ3) is 4.45. The highest BCUT2D eigenvalue weighted by Gasteiger charge is 2.27. The van der Waals surface area contributed by atoms with Gasteiger partial charge in [-0.05, 0) is 18.6 Å². The van der Waals surface area contributed by atoms with Gasteiger partial charge in [-0.25, -0.2) is 9.78 Å². The quantitative estimate of drug-likeness (QED) is 0.821. The fraction of sp³-hybridized carbons (Fsp3) is 0.438. The summed E-state index contributed by atoms with van der Waals surface area (Å²) >= 11 is 0. The van der Waals surface area contributed by atoms with Crippen LogP contribution in [0.25, 0.3) is 0 Å². The minimum atomic E-state index is -0.0172. The van der Waals surface area contributed by atoms with E-state index in [-0.39, 0.29) is 12.1 Å². The summed E-state index contributed by atoms with van der Waals surface area (Å²) in [5.41, 5.74) is 0. The van der Waals surface area contributed by atoms with Gasteiger partial charge in [0.1, 0.15) is 11.9 Å². The average molecular weight is 315 g/mol. The van der Waals surface area contributed by atoms with E-state index in [1.165, 1.54) is 0 Å². The van der Waals surface area contributed by atoms with Crippen molar-refractivity contribution in [3.05, 3.63) is 43.2 Å². The van der Waals surface area contributed by atoms with Crippen LogP contribution < -0.4 is 10.1 Å². The van der Waals surface area contributed by atoms with Crippen LogP contribution in [-0.2, 0) is 6.54 Å². The van der Waals surface area contributed by atoms with Crippen molar-refractivity contribution in [1.29, 1.82) is 0 Å². The smallest absolute Gasteiger partial charge is 0.317 e. The van der Waals surface area contributed by atoms with E-state index < -0.39 is 0 Å². The van der Waals surface area contributed by atoms with Crippen LogP contribution in [0.4, 0.5) is 4.79 Å². The Morgan fingerprint density at radius 2 is 2.17 bits per heavy atom. The lowest BCUT2D eigenvalue weighted by Crippen LogP contribution is -2.40. The van der Waals surface area contributed by atoms with Crippen molar-refractivity contribution in [2.24, 2.45) is 0 Å². The Balaban J connectivity index is 1.35. The minimum absolute atomic E-state index is 0.0172. The number of likely N-dealkylation sites (tertiary alicyclic amines) is 1. The molecule has 0 saturated carbocycles. The molecular weight excluding hydrogens is 294 g/mol. The van der Waals surface area contributed by atoms with Crippen molar-refractivity contribution in [1.82, 2.24) is 24.8 Å². The zero-order chi connectivity index (χ0) is 15.9. The maximum Gasteiger partial charge on any atom is 0.317 e. The molecule has 7 heteroatoms. The second kappa shape index (κ2) is 7.62. The lowest BCUT2D eigenvalue weighted by molar-refractivity contribution is 0.186. The Kier molecular flexibility index (Phi) is 5.08. The molecule has 1 aliphatic rings. The molecule has 0 aliphatic carbocycles. The zero-order valence-corrected chi connectivity index (χ0v) is 13.0. The SMILES string of the molecule is O=C(NCCCn1ccnc1)N1CC[C@H](Oc2ccncc2)C1. The van der Waals surface area contributed by atoms with E-state index in [0.29, 0.717) is 13.1 Å². The molecule has 1 N–H and O–H groups in total. The van der Waals surface area contributed by atoms with E-state index >= 15 is 0 Å². The number of carbonyl (C=O) groups excluding carboxylic acids is 1. The van der Waals surface area contributed by atoms with Crippen LogP contribution in [0, 0.1) is 0 Å². The second-order valence-corrected chi connectivity index (χ2v) is 5.54. The molecule has 1 atom stereocenters. The Hall–Kier alpha value is -2.57. The molecule has 2 aromatic heterocycles. The van der Waals surface area contributed by atoms with Gasteiger partial charge in [-0.3, -0.25) is 4.98 Å². The van der Waals surface area contributed by atoms with Crippen molar-refractivity contribution < 1.29 is 9.53 Å². The molecule has 7 nitrogen and oxygen atoms in total. The Bertz CT molecular complexity index is 602. The molecule has 3 heterocycles. The molecule has 0 unspecified atom stereocenters. The number of hydrogen-bond donors (Lipinski definition) is 1. The number of aryl methyl sites for hydroxylation is 1. The minimum Gasteiger partial charge on any atom is -0.488 e. The lowest BCUT2D eigenvalue weighted by atomic mass is 10.3. The first-order valence-corrected chi connectivity index (χ1v) is 7.86. The predicted molar refractivity (Wildman–Crippen MR) is 85.1 cm³/mol. The number of nitrogens with zero attached hydrogens (tertiary/aromatic N) is 4. The highest BCUT2D eigenvalue weighted by atomic mass is 16.5. The number of amides is 2. The van der Waals surface area contributed by atoms with Crippen molar-refractivity contribution in [3.8, 4) is 5.75 Å². The van der Waals surface area contributed by atoms with Crippen LogP contribution >= 0.6 is 0 Å². The van der Waals surface area contributed by atoms with Crippen molar-refractivity contribution in [2.45, 2.75) is 25.5 Å². The third-order valence-electron chi connectivity index (χ3n) is 3.81. The van der Waals surface area contributed by atoms with Crippen LogP contribution in [0.15, 0.2) is 43.2 Å². The normalized spacial score (nSPS) is 17.2. The topological polar surface area (TPSA) is 72.3 Å². The van der Waals surface area contributed by atoms with E-state index in [2.05, 4.69) is 15.3 Å². The first-order valence-electron chi connectivity index (χ1n) is 7.86. The number of rotatable bonds is 6. The van der Waals surface area contributed by atoms with Gasteiger partial charge in [0.2, 0.25) is 0 Å². The van der Waals surface area contributed by atoms with E-state index in [0.717, 1.165) is 31.7 Å². The number of urea groups is 1. The largest absolute Gasteiger partial charge is 0.488 e. The van der Waals surface area contributed by atoms with Crippen LogP contribution in [0.3, 0.4) is 0 Å². The molecule has 1 aliphatic heterocycles. The first-order chi connectivity index (χ1) is 11.3. The number of nitrogens with one attached hydrogen (secondary N) is 1.